The van der Waals surface area contributed by atoms with E-state index < -0.39 is 0 Å². The molecule has 0 saturated carbocycles. The van der Waals surface area contributed by atoms with Crippen molar-refractivity contribution in [1.29, 1.82) is 0 Å². The highest BCUT2D eigenvalue weighted by atomic mass is 16.5. The lowest BCUT2D eigenvalue weighted by atomic mass is 10.1. The number of nitrogens with zero attached hydrogens (tertiary/aromatic N) is 1. The van der Waals surface area contributed by atoms with E-state index in [1.54, 1.807) is 23.1 Å². The van der Waals surface area contributed by atoms with Crippen LogP contribution < -0.4 is 14.4 Å². The smallest absolute Gasteiger partial charge is 0.227 e. The van der Waals surface area contributed by atoms with Crippen molar-refractivity contribution in [3.8, 4) is 11.5 Å². The molecule has 1 saturated heterocycles. The zero-order valence-electron chi connectivity index (χ0n) is 12.5. The molecule has 0 N–H and O–H groups in total. The second-order valence-corrected chi connectivity index (χ2v) is 4.98. The number of carbonyl (C=O) groups is 2. The van der Waals surface area contributed by atoms with E-state index in [2.05, 4.69) is 6.58 Å². The minimum absolute atomic E-state index is 0.0189. The first-order chi connectivity index (χ1) is 10.0. The number of carbonyl (C=O) groups excluding carboxylic acids is 2. The van der Waals surface area contributed by atoms with Crippen molar-refractivity contribution in [2.75, 3.05) is 25.7 Å². The van der Waals surface area contributed by atoms with Crippen molar-refractivity contribution >= 4 is 17.4 Å². The van der Waals surface area contributed by atoms with Gasteiger partial charge in [0.2, 0.25) is 5.91 Å². The molecule has 21 heavy (non-hydrogen) atoms. The quantitative estimate of drug-likeness (QED) is 0.617. The van der Waals surface area contributed by atoms with Crippen LogP contribution in [0.2, 0.25) is 0 Å². The van der Waals surface area contributed by atoms with Gasteiger partial charge in [0.1, 0.15) is 0 Å². The molecule has 1 atom stereocenters. The number of hydrogen-bond acceptors (Lipinski definition) is 4. The molecule has 5 heteroatoms. The predicted octanol–water partition coefficient (Wildman–Crippen LogP) is 2.45. The molecule has 1 aliphatic heterocycles. The SMILES string of the molecule is C=CC1CC(=O)N(c2cc(OC)c(OC)cc2C(C)=O)C1. The maximum atomic E-state index is 12.2. The third kappa shape index (κ3) is 2.77. The van der Waals surface area contributed by atoms with Crippen LogP contribution in [-0.4, -0.2) is 32.5 Å². The van der Waals surface area contributed by atoms with Crippen LogP contribution in [0.3, 0.4) is 0 Å². The average Bonchev–Trinajstić information content (AvgIpc) is 2.86. The molecule has 1 amide bonds. The van der Waals surface area contributed by atoms with Crippen molar-refractivity contribution in [2.45, 2.75) is 13.3 Å². The fraction of sp³-hybridized carbons (Fsp3) is 0.375. The minimum Gasteiger partial charge on any atom is -0.493 e. The molecule has 2 rings (SSSR count). The molecular formula is C16H19NO4. The molecular weight excluding hydrogens is 270 g/mol. The predicted molar refractivity (Wildman–Crippen MR) is 80.2 cm³/mol. The highest BCUT2D eigenvalue weighted by molar-refractivity contribution is 6.06. The van der Waals surface area contributed by atoms with Crippen LogP contribution in [0.4, 0.5) is 5.69 Å². The first-order valence-corrected chi connectivity index (χ1v) is 6.71. The number of hydrogen-bond donors (Lipinski definition) is 0. The Morgan fingerprint density at radius 1 is 1.33 bits per heavy atom. The molecule has 1 heterocycles. The molecule has 1 aliphatic rings. The second kappa shape index (κ2) is 5.99. The Kier molecular flexibility index (Phi) is 4.31. The summed E-state index contributed by atoms with van der Waals surface area (Å²) >= 11 is 0. The van der Waals surface area contributed by atoms with Gasteiger partial charge in [0.25, 0.3) is 0 Å². The van der Waals surface area contributed by atoms with Gasteiger partial charge >= 0.3 is 0 Å². The van der Waals surface area contributed by atoms with E-state index in [4.69, 9.17) is 9.47 Å². The van der Waals surface area contributed by atoms with Gasteiger partial charge in [0, 0.05) is 30.5 Å². The topological polar surface area (TPSA) is 55.8 Å². The van der Waals surface area contributed by atoms with Crippen molar-refractivity contribution in [2.24, 2.45) is 5.92 Å². The standard InChI is InChI=1S/C16H19NO4/c1-5-11-6-16(19)17(9-11)13-8-15(21-4)14(20-3)7-12(13)10(2)18/h5,7-8,11H,1,6,9H2,2-4H3. The number of rotatable bonds is 5. The van der Waals surface area contributed by atoms with E-state index in [-0.39, 0.29) is 17.6 Å². The van der Waals surface area contributed by atoms with Gasteiger partial charge in [-0.3, -0.25) is 9.59 Å². The number of anilines is 1. The molecule has 0 radical (unpaired) electrons. The maximum absolute atomic E-state index is 12.2. The van der Waals surface area contributed by atoms with Crippen LogP contribution in [0.15, 0.2) is 24.8 Å². The molecule has 1 unspecified atom stereocenters. The van der Waals surface area contributed by atoms with E-state index in [1.165, 1.54) is 21.1 Å². The number of methoxy groups -OCH3 is 2. The Balaban J connectivity index is 2.53. The van der Waals surface area contributed by atoms with E-state index in [9.17, 15) is 9.59 Å². The summed E-state index contributed by atoms with van der Waals surface area (Å²) in [6.07, 6.45) is 2.18. The van der Waals surface area contributed by atoms with Gasteiger partial charge in [0.15, 0.2) is 17.3 Å². The summed E-state index contributed by atoms with van der Waals surface area (Å²) in [6.45, 7) is 5.73. The Bertz CT molecular complexity index is 594. The molecule has 1 fully saturated rings. The number of benzene rings is 1. The lowest BCUT2D eigenvalue weighted by Crippen LogP contribution is -2.26. The van der Waals surface area contributed by atoms with E-state index in [0.29, 0.717) is 35.7 Å². The van der Waals surface area contributed by atoms with Gasteiger partial charge in [-0.1, -0.05) is 6.08 Å². The molecule has 0 spiro atoms. The van der Waals surface area contributed by atoms with Crippen LogP contribution in [0.1, 0.15) is 23.7 Å². The van der Waals surface area contributed by atoms with Crippen LogP contribution in [0.5, 0.6) is 11.5 Å². The monoisotopic (exact) mass is 289 g/mol. The molecule has 112 valence electrons. The van der Waals surface area contributed by atoms with Crippen LogP contribution in [0.25, 0.3) is 0 Å². The summed E-state index contributed by atoms with van der Waals surface area (Å²) in [5, 5.41) is 0. The Labute approximate surface area is 124 Å². The normalized spacial score (nSPS) is 17.8. The van der Waals surface area contributed by atoms with Crippen molar-refractivity contribution in [3.05, 3.63) is 30.4 Å². The summed E-state index contributed by atoms with van der Waals surface area (Å²) in [4.78, 5) is 25.7. The second-order valence-electron chi connectivity index (χ2n) is 4.98. The van der Waals surface area contributed by atoms with Gasteiger partial charge in [-0.2, -0.15) is 0 Å². The fourth-order valence-corrected chi connectivity index (χ4v) is 2.50. The number of ether oxygens (including phenoxy) is 2. The van der Waals surface area contributed by atoms with Crippen molar-refractivity contribution < 1.29 is 19.1 Å². The highest BCUT2D eigenvalue weighted by Gasteiger charge is 2.31. The lowest BCUT2D eigenvalue weighted by Gasteiger charge is -2.21. The summed E-state index contributed by atoms with van der Waals surface area (Å²) in [6, 6.07) is 3.30. The van der Waals surface area contributed by atoms with Crippen molar-refractivity contribution in [3.63, 3.8) is 0 Å². The van der Waals surface area contributed by atoms with Gasteiger partial charge in [-0.05, 0) is 13.0 Å². The van der Waals surface area contributed by atoms with Gasteiger partial charge < -0.3 is 14.4 Å². The molecule has 1 aromatic rings. The van der Waals surface area contributed by atoms with Crippen LogP contribution in [-0.2, 0) is 4.79 Å². The number of Topliss-reactive ketones (excluding diaryl/α,β-unsaturated/α-hetero) is 1. The van der Waals surface area contributed by atoms with Crippen LogP contribution in [0, 0.1) is 5.92 Å². The average molecular weight is 289 g/mol. The Hall–Kier alpha value is -2.30. The summed E-state index contributed by atoms with van der Waals surface area (Å²) in [5.74, 6) is 0.923. The van der Waals surface area contributed by atoms with E-state index in [1.807, 2.05) is 0 Å². The fourth-order valence-electron chi connectivity index (χ4n) is 2.50. The summed E-state index contributed by atoms with van der Waals surface area (Å²) in [7, 11) is 3.03. The maximum Gasteiger partial charge on any atom is 0.227 e. The van der Waals surface area contributed by atoms with Gasteiger partial charge in [0.05, 0.1) is 19.9 Å². The first kappa shape index (κ1) is 15.1. The van der Waals surface area contributed by atoms with E-state index >= 15 is 0 Å². The first-order valence-electron chi connectivity index (χ1n) is 6.71. The Morgan fingerprint density at radius 2 is 1.95 bits per heavy atom. The zero-order chi connectivity index (χ0) is 15.6. The lowest BCUT2D eigenvalue weighted by molar-refractivity contribution is -0.117. The third-order valence-electron chi connectivity index (χ3n) is 3.66. The summed E-state index contributed by atoms with van der Waals surface area (Å²) in [5.41, 5.74) is 1.01. The molecule has 1 aromatic carbocycles. The zero-order valence-corrected chi connectivity index (χ0v) is 12.5. The highest BCUT2D eigenvalue weighted by Crippen LogP contribution is 2.37. The largest absolute Gasteiger partial charge is 0.493 e. The third-order valence-corrected chi connectivity index (χ3v) is 3.66. The van der Waals surface area contributed by atoms with E-state index in [0.717, 1.165) is 0 Å². The van der Waals surface area contributed by atoms with Gasteiger partial charge in [-0.15, -0.1) is 6.58 Å². The molecule has 5 nitrogen and oxygen atoms in total. The molecule has 0 bridgehead atoms. The van der Waals surface area contributed by atoms with Crippen molar-refractivity contribution in [1.82, 2.24) is 0 Å². The molecule has 0 aliphatic carbocycles. The minimum atomic E-state index is -0.124. The Morgan fingerprint density at radius 3 is 2.43 bits per heavy atom. The van der Waals surface area contributed by atoms with Crippen LogP contribution >= 0.6 is 0 Å². The summed E-state index contributed by atoms with van der Waals surface area (Å²) < 4.78 is 10.5. The molecule has 0 aromatic heterocycles. The number of amides is 1. The number of ketones is 1. The van der Waals surface area contributed by atoms with Gasteiger partial charge in [-0.25, -0.2) is 0 Å².